The summed E-state index contributed by atoms with van der Waals surface area (Å²) in [6, 6.07) is 24.3. The molecule has 0 aliphatic rings. The van der Waals surface area contributed by atoms with Crippen LogP contribution >= 0.6 is 0 Å². The number of aryl methyl sites for hydroxylation is 1. The fourth-order valence-electron chi connectivity index (χ4n) is 3.73. The smallest absolute Gasteiger partial charge is 0.242 e. The van der Waals surface area contributed by atoms with Crippen LogP contribution < -0.4 is 14.8 Å². The van der Waals surface area contributed by atoms with Crippen LogP contribution in [0.15, 0.2) is 78.9 Å². The van der Waals surface area contributed by atoms with Crippen LogP contribution in [0.5, 0.6) is 11.5 Å². The van der Waals surface area contributed by atoms with Gasteiger partial charge in [-0.25, -0.2) is 0 Å². The van der Waals surface area contributed by atoms with Gasteiger partial charge in [0.1, 0.15) is 17.5 Å². The highest BCUT2D eigenvalue weighted by Gasteiger charge is 2.26. The Morgan fingerprint density at radius 1 is 0.853 bits per heavy atom. The summed E-state index contributed by atoms with van der Waals surface area (Å²) in [4.78, 5) is 28.0. The number of nitrogens with zero attached hydrogens (tertiary/aromatic N) is 1. The Kier molecular flexibility index (Phi) is 9.09. The van der Waals surface area contributed by atoms with Crippen LogP contribution in [-0.4, -0.2) is 37.0 Å². The van der Waals surface area contributed by atoms with E-state index in [4.69, 9.17) is 9.47 Å². The number of benzene rings is 3. The van der Waals surface area contributed by atoms with Crippen LogP contribution in [0.2, 0.25) is 0 Å². The number of methoxy groups -OCH3 is 2. The van der Waals surface area contributed by atoms with E-state index in [0.717, 1.165) is 22.4 Å². The highest BCUT2D eigenvalue weighted by molar-refractivity contribution is 5.87. The third-order valence-electron chi connectivity index (χ3n) is 5.80. The number of amides is 2. The first-order valence-electron chi connectivity index (χ1n) is 11.4. The van der Waals surface area contributed by atoms with Gasteiger partial charge in [-0.1, -0.05) is 60.7 Å². The molecular weight excluding hydrogens is 428 g/mol. The molecule has 0 fully saturated rings. The van der Waals surface area contributed by atoms with Crippen molar-refractivity contribution in [2.45, 2.75) is 38.9 Å². The molecule has 0 aliphatic heterocycles. The summed E-state index contributed by atoms with van der Waals surface area (Å²) in [6.07, 6.45) is 0.943. The lowest BCUT2D eigenvalue weighted by atomic mass is 10.1. The fourth-order valence-corrected chi connectivity index (χ4v) is 3.73. The number of nitrogens with one attached hydrogen (secondary N) is 1. The average Bonchev–Trinajstić information content (AvgIpc) is 2.89. The predicted octanol–water partition coefficient (Wildman–Crippen LogP) is 4.37. The van der Waals surface area contributed by atoms with Crippen LogP contribution in [0.4, 0.5) is 0 Å². The van der Waals surface area contributed by atoms with E-state index >= 15 is 0 Å². The molecule has 0 bridgehead atoms. The third-order valence-corrected chi connectivity index (χ3v) is 5.80. The first kappa shape index (κ1) is 24.8. The van der Waals surface area contributed by atoms with Crippen LogP contribution in [0.1, 0.15) is 30.0 Å². The molecular formula is C28H32N2O4. The second-order valence-corrected chi connectivity index (χ2v) is 8.06. The molecule has 3 aromatic rings. The zero-order valence-electron chi connectivity index (χ0n) is 20.0. The largest absolute Gasteiger partial charge is 0.497 e. The maximum atomic E-state index is 13.3. The van der Waals surface area contributed by atoms with Gasteiger partial charge in [0, 0.05) is 25.1 Å². The first-order valence-corrected chi connectivity index (χ1v) is 11.4. The summed E-state index contributed by atoms with van der Waals surface area (Å²) in [6.45, 7) is 2.42. The zero-order valence-corrected chi connectivity index (χ0v) is 20.0. The average molecular weight is 461 g/mol. The molecule has 34 heavy (non-hydrogen) atoms. The lowest BCUT2D eigenvalue weighted by Crippen LogP contribution is -2.47. The molecule has 0 aromatic heterocycles. The van der Waals surface area contributed by atoms with Crippen molar-refractivity contribution in [2.24, 2.45) is 0 Å². The zero-order chi connectivity index (χ0) is 24.3. The second kappa shape index (κ2) is 12.4. The lowest BCUT2D eigenvalue weighted by Gasteiger charge is -2.29. The van der Waals surface area contributed by atoms with Gasteiger partial charge in [0.2, 0.25) is 11.8 Å². The second-order valence-electron chi connectivity index (χ2n) is 8.06. The molecule has 0 heterocycles. The van der Waals surface area contributed by atoms with Gasteiger partial charge in [-0.2, -0.15) is 0 Å². The number of carbonyl (C=O) groups is 2. The number of para-hydroxylation sites is 1. The molecule has 0 radical (unpaired) electrons. The van der Waals surface area contributed by atoms with E-state index in [9.17, 15) is 9.59 Å². The molecule has 0 saturated heterocycles. The molecule has 0 unspecified atom stereocenters. The summed E-state index contributed by atoms with van der Waals surface area (Å²) in [5.41, 5.74) is 2.90. The normalized spacial score (nSPS) is 11.4. The van der Waals surface area contributed by atoms with Gasteiger partial charge in [0.05, 0.1) is 14.2 Å². The number of rotatable bonds is 11. The van der Waals surface area contributed by atoms with Crippen molar-refractivity contribution in [1.82, 2.24) is 10.2 Å². The number of ether oxygens (including phenoxy) is 2. The molecule has 3 aromatic carbocycles. The van der Waals surface area contributed by atoms with Crippen LogP contribution in [0.3, 0.4) is 0 Å². The molecule has 0 spiro atoms. The van der Waals surface area contributed by atoms with E-state index in [-0.39, 0.29) is 11.8 Å². The molecule has 3 rings (SSSR count). The van der Waals surface area contributed by atoms with Crippen molar-refractivity contribution in [1.29, 1.82) is 0 Å². The lowest BCUT2D eigenvalue weighted by molar-refractivity contribution is -0.140. The van der Waals surface area contributed by atoms with Gasteiger partial charge in [0.15, 0.2) is 0 Å². The monoisotopic (exact) mass is 460 g/mol. The van der Waals surface area contributed by atoms with Gasteiger partial charge in [-0.15, -0.1) is 0 Å². The SMILES string of the molecule is COc1ccc(CN(C(=O)CCc2ccccc2)[C@@H](C)C(=O)NCc2ccccc2OC)cc1. The topological polar surface area (TPSA) is 67.9 Å². The Morgan fingerprint density at radius 2 is 1.53 bits per heavy atom. The van der Waals surface area contributed by atoms with Crippen LogP contribution in [0.25, 0.3) is 0 Å². The summed E-state index contributed by atoms with van der Waals surface area (Å²) in [7, 11) is 3.22. The van der Waals surface area contributed by atoms with Gasteiger partial charge in [0.25, 0.3) is 0 Å². The van der Waals surface area contributed by atoms with Crippen molar-refractivity contribution in [3.8, 4) is 11.5 Å². The Labute approximate surface area is 201 Å². The van der Waals surface area contributed by atoms with Crippen molar-refractivity contribution in [3.05, 3.63) is 95.6 Å². The van der Waals surface area contributed by atoms with E-state index < -0.39 is 6.04 Å². The third kappa shape index (κ3) is 6.85. The standard InChI is InChI=1S/C28H32N2O4/c1-21(28(32)29-19-24-11-7-8-12-26(24)34-3)30(20-23-13-16-25(33-2)17-14-23)27(31)18-15-22-9-5-4-6-10-22/h4-14,16-17,21H,15,18-20H2,1-3H3,(H,29,32)/t21-/m0/s1. The summed E-state index contributed by atoms with van der Waals surface area (Å²) < 4.78 is 10.6. The molecule has 1 atom stereocenters. The summed E-state index contributed by atoms with van der Waals surface area (Å²) in [5, 5.41) is 2.95. The minimum Gasteiger partial charge on any atom is -0.497 e. The van der Waals surface area contributed by atoms with E-state index in [1.54, 1.807) is 26.0 Å². The van der Waals surface area contributed by atoms with Crippen molar-refractivity contribution >= 4 is 11.8 Å². The van der Waals surface area contributed by atoms with Crippen molar-refractivity contribution < 1.29 is 19.1 Å². The maximum Gasteiger partial charge on any atom is 0.242 e. The minimum absolute atomic E-state index is 0.0698. The minimum atomic E-state index is -0.639. The maximum absolute atomic E-state index is 13.3. The Hall–Kier alpha value is -3.80. The van der Waals surface area contributed by atoms with E-state index in [1.165, 1.54) is 0 Å². The number of carbonyl (C=O) groups excluding carboxylic acids is 2. The van der Waals surface area contributed by atoms with Gasteiger partial charge in [-0.05, 0) is 42.7 Å². The van der Waals surface area contributed by atoms with Crippen molar-refractivity contribution in [2.75, 3.05) is 14.2 Å². The fraction of sp³-hybridized carbons (Fsp3) is 0.286. The summed E-state index contributed by atoms with van der Waals surface area (Å²) in [5.74, 6) is 1.17. The van der Waals surface area contributed by atoms with E-state index in [0.29, 0.717) is 31.7 Å². The van der Waals surface area contributed by atoms with Gasteiger partial charge >= 0.3 is 0 Å². The highest BCUT2D eigenvalue weighted by Crippen LogP contribution is 2.18. The molecule has 0 aliphatic carbocycles. The molecule has 178 valence electrons. The van der Waals surface area contributed by atoms with Gasteiger partial charge in [-0.3, -0.25) is 9.59 Å². The van der Waals surface area contributed by atoms with Crippen molar-refractivity contribution in [3.63, 3.8) is 0 Å². The van der Waals surface area contributed by atoms with E-state index in [1.807, 2.05) is 78.9 Å². The first-order chi connectivity index (χ1) is 16.5. The highest BCUT2D eigenvalue weighted by atomic mass is 16.5. The Balaban J connectivity index is 1.71. The predicted molar refractivity (Wildman–Crippen MR) is 133 cm³/mol. The van der Waals surface area contributed by atoms with Crippen LogP contribution in [-0.2, 0) is 29.1 Å². The summed E-state index contributed by atoms with van der Waals surface area (Å²) >= 11 is 0. The molecule has 2 amide bonds. The van der Waals surface area contributed by atoms with Crippen LogP contribution in [0, 0.1) is 0 Å². The Morgan fingerprint density at radius 3 is 2.21 bits per heavy atom. The number of hydrogen-bond donors (Lipinski definition) is 1. The van der Waals surface area contributed by atoms with E-state index in [2.05, 4.69) is 5.32 Å². The molecule has 1 N–H and O–H groups in total. The molecule has 6 nitrogen and oxygen atoms in total. The number of hydrogen-bond acceptors (Lipinski definition) is 4. The Bertz CT molecular complexity index is 1070. The molecule has 6 heteroatoms. The quantitative estimate of drug-likeness (QED) is 0.461. The van der Waals surface area contributed by atoms with Gasteiger partial charge < -0.3 is 19.7 Å². The molecule has 0 saturated carbocycles.